The predicted molar refractivity (Wildman–Crippen MR) is 122 cm³/mol. The van der Waals surface area contributed by atoms with Gasteiger partial charge in [0.25, 0.3) is 17.4 Å². The highest BCUT2D eigenvalue weighted by atomic mass is 16.6. The van der Waals surface area contributed by atoms with Gasteiger partial charge in [-0.05, 0) is 42.0 Å². The van der Waals surface area contributed by atoms with Gasteiger partial charge in [0.05, 0.1) is 29.3 Å². The van der Waals surface area contributed by atoms with Gasteiger partial charge in [0.2, 0.25) is 0 Å². The molecule has 1 unspecified atom stereocenters. The van der Waals surface area contributed by atoms with Gasteiger partial charge in [-0.15, -0.1) is 0 Å². The van der Waals surface area contributed by atoms with E-state index in [0.717, 1.165) is 0 Å². The smallest absolute Gasteiger partial charge is 0.296 e. The number of ketones is 1. The Bertz CT molecular complexity index is 1280. The van der Waals surface area contributed by atoms with Gasteiger partial charge in [0.1, 0.15) is 23.9 Å². The van der Waals surface area contributed by atoms with Crippen molar-refractivity contribution in [3.05, 3.63) is 112 Å². The summed E-state index contributed by atoms with van der Waals surface area (Å²) in [5.74, 6) is -1.19. The van der Waals surface area contributed by atoms with Crippen molar-refractivity contribution in [2.45, 2.75) is 12.6 Å². The van der Waals surface area contributed by atoms with E-state index < -0.39 is 28.4 Å². The number of hydrogen-bond donors (Lipinski definition) is 1. The standard InChI is InChI=1S/C25H20N2O7/c1-2-12-33-19-10-8-16(9-11-19)23(28)21-22(17-5-3-6-18(14-17)27(31)32)26(25(30)24(21)29)15-20-7-4-13-34-20/h2-11,13-14,22,28H,1,12,15H2/b23-21-. The Hall–Kier alpha value is -4.66. The van der Waals surface area contributed by atoms with Crippen molar-refractivity contribution in [2.75, 3.05) is 6.61 Å². The van der Waals surface area contributed by atoms with E-state index in [4.69, 9.17) is 9.15 Å². The van der Waals surface area contributed by atoms with Gasteiger partial charge in [-0.2, -0.15) is 0 Å². The molecule has 34 heavy (non-hydrogen) atoms. The zero-order valence-electron chi connectivity index (χ0n) is 17.9. The van der Waals surface area contributed by atoms with Crippen LogP contribution in [-0.2, 0) is 16.1 Å². The molecule has 172 valence electrons. The van der Waals surface area contributed by atoms with Crippen LogP contribution < -0.4 is 4.74 Å². The van der Waals surface area contributed by atoms with Gasteiger partial charge >= 0.3 is 0 Å². The highest BCUT2D eigenvalue weighted by Gasteiger charge is 2.46. The van der Waals surface area contributed by atoms with Gasteiger partial charge in [-0.3, -0.25) is 19.7 Å². The molecule has 3 aromatic rings. The summed E-state index contributed by atoms with van der Waals surface area (Å²) < 4.78 is 10.8. The summed E-state index contributed by atoms with van der Waals surface area (Å²) in [6, 6.07) is 14.2. The fourth-order valence-electron chi connectivity index (χ4n) is 3.79. The van der Waals surface area contributed by atoms with Crippen molar-refractivity contribution < 1.29 is 28.8 Å². The number of non-ortho nitro benzene ring substituents is 1. The van der Waals surface area contributed by atoms with Crippen molar-refractivity contribution in [3.8, 4) is 5.75 Å². The molecule has 1 saturated heterocycles. The third-order valence-corrected chi connectivity index (χ3v) is 5.34. The molecule has 2 heterocycles. The number of amides is 1. The maximum absolute atomic E-state index is 13.1. The van der Waals surface area contributed by atoms with Gasteiger partial charge < -0.3 is 19.2 Å². The van der Waals surface area contributed by atoms with E-state index in [9.17, 15) is 24.8 Å². The van der Waals surface area contributed by atoms with Gasteiger partial charge in [0.15, 0.2) is 0 Å². The molecule has 1 aliphatic rings. The van der Waals surface area contributed by atoms with E-state index in [-0.39, 0.29) is 23.4 Å². The molecule has 1 amide bonds. The minimum Gasteiger partial charge on any atom is -0.507 e. The first-order chi connectivity index (χ1) is 16.4. The molecule has 0 radical (unpaired) electrons. The number of nitrogens with zero attached hydrogens (tertiary/aromatic N) is 2. The van der Waals surface area contributed by atoms with Crippen molar-refractivity contribution >= 4 is 23.1 Å². The number of furan rings is 1. The monoisotopic (exact) mass is 460 g/mol. The summed E-state index contributed by atoms with van der Waals surface area (Å²) in [7, 11) is 0. The molecule has 2 aromatic carbocycles. The summed E-state index contributed by atoms with van der Waals surface area (Å²) in [6.07, 6.45) is 3.03. The molecule has 1 fully saturated rings. The van der Waals surface area contributed by atoms with Gasteiger partial charge in [-0.1, -0.05) is 24.8 Å². The minimum atomic E-state index is -1.05. The van der Waals surface area contributed by atoms with Crippen LogP contribution in [0.5, 0.6) is 5.75 Å². The number of aliphatic hydroxyl groups is 1. The molecule has 1 atom stereocenters. The Morgan fingerprint density at radius 3 is 2.59 bits per heavy atom. The van der Waals surface area contributed by atoms with E-state index >= 15 is 0 Å². The van der Waals surface area contributed by atoms with Crippen LogP contribution in [0.2, 0.25) is 0 Å². The van der Waals surface area contributed by atoms with Crippen LogP contribution >= 0.6 is 0 Å². The van der Waals surface area contributed by atoms with Crippen molar-refractivity contribution in [2.24, 2.45) is 0 Å². The summed E-state index contributed by atoms with van der Waals surface area (Å²) in [4.78, 5) is 38.0. The quantitative estimate of drug-likeness (QED) is 0.132. The Morgan fingerprint density at radius 2 is 1.94 bits per heavy atom. The zero-order chi connectivity index (χ0) is 24.2. The zero-order valence-corrected chi connectivity index (χ0v) is 17.9. The van der Waals surface area contributed by atoms with E-state index in [1.807, 2.05) is 0 Å². The average Bonchev–Trinajstić information content (AvgIpc) is 3.45. The Kier molecular flexibility index (Phi) is 6.26. The van der Waals surface area contributed by atoms with Crippen LogP contribution in [0.25, 0.3) is 5.76 Å². The van der Waals surface area contributed by atoms with Crippen molar-refractivity contribution in [1.29, 1.82) is 0 Å². The lowest BCUT2D eigenvalue weighted by Crippen LogP contribution is -2.29. The summed E-state index contributed by atoms with van der Waals surface area (Å²) in [5, 5.41) is 22.4. The Morgan fingerprint density at radius 1 is 1.18 bits per heavy atom. The molecule has 0 aliphatic carbocycles. The van der Waals surface area contributed by atoms with Gasteiger partial charge in [0, 0.05) is 17.7 Å². The number of nitro groups is 1. The number of aliphatic hydroxyl groups excluding tert-OH is 1. The Labute approximate surface area is 194 Å². The van der Waals surface area contributed by atoms with Crippen LogP contribution in [-0.4, -0.2) is 33.2 Å². The highest BCUT2D eigenvalue weighted by molar-refractivity contribution is 6.46. The van der Waals surface area contributed by atoms with E-state index in [1.165, 1.54) is 29.4 Å². The first-order valence-electron chi connectivity index (χ1n) is 10.3. The lowest BCUT2D eigenvalue weighted by molar-refractivity contribution is -0.384. The fourth-order valence-corrected chi connectivity index (χ4v) is 3.79. The van der Waals surface area contributed by atoms with Crippen LogP contribution in [0.3, 0.4) is 0 Å². The minimum absolute atomic E-state index is 0.0595. The van der Waals surface area contributed by atoms with Crippen LogP contribution in [0, 0.1) is 10.1 Å². The maximum atomic E-state index is 13.1. The highest BCUT2D eigenvalue weighted by Crippen LogP contribution is 2.41. The number of benzene rings is 2. The number of carbonyl (C=O) groups is 2. The number of nitro benzene ring substituents is 1. The van der Waals surface area contributed by atoms with Crippen molar-refractivity contribution in [3.63, 3.8) is 0 Å². The molecule has 4 rings (SSSR count). The molecular formula is C25H20N2O7. The summed E-state index contributed by atoms with van der Waals surface area (Å²) >= 11 is 0. The predicted octanol–water partition coefficient (Wildman–Crippen LogP) is 4.37. The molecular weight excluding hydrogens is 440 g/mol. The molecule has 0 bridgehead atoms. The molecule has 9 nitrogen and oxygen atoms in total. The van der Waals surface area contributed by atoms with Gasteiger partial charge in [-0.25, -0.2) is 0 Å². The van der Waals surface area contributed by atoms with E-state index in [0.29, 0.717) is 23.7 Å². The summed E-state index contributed by atoms with van der Waals surface area (Å²) in [5.41, 5.74) is 0.228. The SMILES string of the molecule is C=CCOc1ccc(/C(O)=C2/C(=O)C(=O)N(Cc3ccco3)C2c2cccc([N+](=O)[O-])c2)cc1. The molecule has 1 aliphatic heterocycles. The topological polar surface area (TPSA) is 123 Å². The number of likely N-dealkylation sites (tertiary alicyclic amines) is 1. The van der Waals surface area contributed by atoms with E-state index in [1.54, 1.807) is 48.5 Å². The molecule has 1 N–H and O–H groups in total. The lowest BCUT2D eigenvalue weighted by atomic mass is 9.95. The molecule has 9 heteroatoms. The second-order valence-corrected chi connectivity index (χ2v) is 7.48. The largest absolute Gasteiger partial charge is 0.507 e. The maximum Gasteiger partial charge on any atom is 0.296 e. The number of hydrogen-bond acceptors (Lipinski definition) is 7. The average molecular weight is 460 g/mol. The number of Topliss-reactive ketones (excluding diaryl/α,β-unsaturated/α-hetero) is 1. The van der Waals surface area contributed by atoms with Crippen LogP contribution in [0.15, 0.2) is 89.6 Å². The van der Waals surface area contributed by atoms with Crippen LogP contribution in [0.1, 0.15) is 22.9 Å². The first-order valence-corrected chi connectivity index (χ1v) is 10.3. The summed E-state index contributed by atoms with van der Waals surface area (Å²) in [6.45, 7) is 3.82. The fraction of sp³-hybridized carbons (Fsp3) is 0.120. The molecule has 0 spiro atoms. The second-order valence-electron chi connectivity index (χ2n) is 7.48. The molecule has 0 saturated carbocycles. The number of rotatable bonds is 8. The Balaban J connectivity index is 1.82. The lowest BCUT2D eigenvalue weighted by Gasteiger charge is -2.24. The van der Waals surface area contributed by atoms with Crippen LogP contribution in [0.4, 0.5) is 5.69 Å². The normalized spacial score (nSPS) is 17.1. The number of carbonyl (C=O) groups excluding carboxylic acids is 2. The second kappa shape index (κ2) is 9.45. The van der Waals surface area contributed by atoms with Crippen molar-refractivity contribution in [1.82, 2.24) is 4.90 Å². The van der Waals surface area contributed by atoms with E-state index in [2.05, 4.69) is 6.58 Å². The molecule has 1 aromatic heterocycles. The third kappa shape index (κ3) is 4.31. The third-order valence-electron chi connectivity index (χ3n) is 5.34. The first kappa shape index (κ1) is 22.5. The number of ether oxygens (including phenoxy) is 1.